The summed E-state index contributed by atoms with van der Waals surface area (Å²) in [6.45, 7) is 2.16. The van der Waals surface area contributed by atoms with E-state index in [9.17, 15) is 10.0 Å². The highest BCUT2D eigenvalue weighted by molar-refractivity contribution is 5.68. The average molecular weight is 187 g/mol. The van der Waals surface area contributed by atoms with Crippen molar-refractivity contribution >= 4 is 5.91 Å². The van der Waals surface area contributed by atoms with Crippen LogP contribution in [0.5, 0.6) is 0 Å². The van der Waals surface area contributed by atoms with Gasteiger partial charge in [0.05, 0.1) is 20.5 Å². The van der Waals surface area contributed by atoms with Gasteiger partial charge in [-0.25, -0.2) is 4.79 Å². The molecule has 0 aromatic rings. The second kappa shape index (κ2) is 6.11. The smallest absolute Gasteiger partial charge is 0.313 e. The van der Waals surface area contributed by atoms with Gasteiger partial charge in [-0.15, -0.1) is 0 Å². The monoisotopic (exact) mass is 187 g/mol. The Bertz CT molecular complexity index is 149. The molecule has 0 atom stereocenters. The Hall–Kier alpha value is -0.410. The topological polar surface area (TPSA) is 40.1 Å². The summed E-state index contributed by atoms with van der Waals surface area (Å²) in [5.74, 6) is -0.212. The van der Waals surface area contributed by atoms with Gasteiger partial charge in [-0.1, -0.05) is 32.6 Å². The van der Waals surface area contributed by atoms with E-state index in [-0.39, 0.29) is 5.91 Å². The fourth-order valence-corrected chi connectivity index (χ4v) is 1.15. The minimum Gasteiger partial charge on any atom is -0.626 e. The molecule has 0 saturated heterocycles. The lowest BCUT2D eigenvalue weighted by atomic mass is 10.1. The number of hydrogen-bond donors (Lipinski definition) is 0. The van der Waals surface area contributed by atoms with Crippen LogP contribution in [0.1, 0.15) is 45.4 Å². The lowest BCUT2D eigenvalue weighted by Crippen LogP contribution is -2.39. The molecule has 0 heterocycles. The largest absolute Gasteiger partial charge is 0.626 e. The predicted octanol–water partition coefficient (Wildman–Crippen LogP) is 2.45. The zero-order chi connectivity index (χ0) is 10.3. The first kappa shape index (κ1) is 12.6. The maximum atomic E-state index is 11.2. The number of carbonyl (C=O) groups is 1. The molecule has 3 nitrogen and oxygen atoms in total. The van der Waals surface area contributed by atoms with Crippen LogP contribution in [0, 0.1) is 5.21 Å². The lowest BCUT2D eigenvalue weighted by molar-refractivity contribution is -0.760. The zero-order valence-corrected chi connectivity index (χ0v) is 9.01. The molecule has 0 N–H and O–H groups in total. The van der Waals surface area contributed by atoms with Gasteiger partial charge >= 0.3 is 5.91 Å². The number of hydrogen-bond acceptors (Lipinski definition) is 2. The Morgan fingerprint density at radius 1 is 1.15 bits per heavy atom. The molecule has 13 heavy (non-hydrogen) atoms. The summed E-state index contributed by atoms with van der Waals surface area (Å²) >= 11 is 0. The molecule has 0 fully saturated rings. The Kier molecular flexibility index (Phi) is 5.91. The van der Waals surface area contributed by atoms with Crippen molar-refractivity contribution in [1.82, 2.24) is 0 Å². The fraction of sp³-hybridized carbons (Fsp3) is 0.900. The molecular formula is C10H21NO2. The Balaban J connectivity index is 3.38. The van der Waals surface area contributed by atoms with Gasteiger partial charge in [-0.05, 0) is 6.42 Å². The standard InChI is InChI=1S/C10H21NO2/c1-4-5-6-7-8-9-10(12)11(2,3)13/h4-9H2,1-3H3. The summed E-state index contributed by atoms with van der Waals surface area (Å²) < 4.78 is -0.784. The summed E-state index contributed by atoms with van der Waals surface area (Å²) in [4.78, 5) is 11.2. The molecule has 0 rings (SSSR count). The molecule has 0 unspecified atom stereocenters. The number of hydroxylamine groups is 3. The molecule has 0 aliphatic heterocycles. The summed E-state index contributed by atoms with van der Waals surface area (Å²) in [5.41, 5.74) is 0. The number of amides is 1. The minimum atomic E-state index is -0.784. The van der Waals surface area contributed by atoms with Crippen molar-refractivity contribution in [3.05, 3.63) is 5.21 Å². The van der Waals surface area contributed by atoms with Crippen LogP contribution in [0.25, 0.3) is 0 Å². The minimum absolute atomic E-state index is 0.212. The van der Waals surface area contributed by atoms with Crippen molar-refractivity contribution in [3.63, 3.8) is 0 Å². The SMILES string of the molecule is CCCCCCCC(=O)[N+](C)(C)[O-]. The van der Waals surface area contributed by atoms with E-state index in [1.807, 2.05) is 0 Å². The first-order chi connectivity index (χ1) is 5.98. The normalized spacial score (nSPS) is 11.7. The van der Waals surface area contributed by atoms with Crippen LogP contribution in [-0.4, -0.2) is 24.6 Å². The van der Waals surface area contributed by atoms with Gasteiger partial charge < -0.3 is 9.85 Å². The molecule has 0 bridgehead atoms. The maximum Gasteiger partial charge on any atom is 0.313 e. The number of rotatable bonds is 6. The van der Waals surface area contributed by atoms with E-state index >= 15 is 0 Å². The van der Waals surface area contributed by atoms with Crippen molar-refractivity contribution < 1.29 is 9.44 Å². The highest BCUT2D eigenvalue weighted by Crippen LogP contribution is 2.08. The average Bonchev–Trinajstić information content (AvgIpc) is 2.02. The Labute approximate surface area is 80.9 Å². The summed E-state index contributed by atoms with van der Waals surface area (Å²) in [6, 6.07) is 0. The number of quaternary nitrogens is 1. The molecule has 3 heteroatoms. The number of carbonyl (C=O) groups excluding carboxylic acids is 1. The van der Waals surface area contributed by atoms with Gasteiger partial charge in [-0.2, -0.15) is 0 Å². The molecule has 0 saturated carbocycles. The molecule has 0 aliphatic carbocycles. The molecule has 78 valence electrons. The lowest BCUT2D eigenvalue weighted by Gasteiger charge is -2.30. The second-order valence-electron chi connectivity index (χ2n) is 3.91. The fourth-order valence-electron chi connectivity index (χ4n) is 1.15. The quantitative estimate of drug-likeness (QED) is 0.364. The first-order valence-electron chi connectivity index (χ1n) is 5.07. The van der Waals surface area contributed by atoms with Crippen LogP contribution in [0.3, 0.4) is 0 Å². The van der Waals surface area contributed by atoms with Gasteiger partial charge in [0.2, 0.25) is 0 Å². The third-order valence-electron chi connectivity index (χ3n) is 2.09. The zero-order valence-electron chi connectivity index (χ0n) is 9.01. The first-order valence-corrected chi connectivity index (χ1v) is 5.07. The summed E-state index contributed by atoms with van der Waals surface area (Å²) in [6.07, 6.45) is 5.97. The van der Waals surface area contributed by atoms with Crippen molar-refractivity contribution in [2.24, 2.45) is 0 Å². The van der Waals surface area contributed by atoms with Gasteiger partial charge in [0, 0.05) is 0 Å². The molecule has 1 amide bonds. The van der Waals surface area contributed by atoms with Crippen LogP contribution >= 0.6 is 0 Å². The van der Waals surface area contributed by atoms with E-state index in [4.69, 9.17) is 0 Å². The number of nitrogens with zero attached hydrogens (tertiary/aromatic N) is 1. The van der Waals surface area contributed by atoms with Gasteiger partial charge in [0.25, 0.3) is 0 Å². The molecule has 0 aromatic heterocycles. The third-order valence-corrected chi connectivity index (χ3v) is 2.09. The van der Waals surface area contributed by atoms with Crippen molar-refractivity contribution in [1.29, 1.82) is 0 Å². The van der Waals surface area contributed by atoms with Crippen LogP contribution in [-0.2, 0) is 4.79 Å². The highest BCUT2D eigenvalue weighted by Gasteiger charge is 2.14. The molecule has 0 aliphatic rings. The predicted molar refractivity (Wildman–Crippen MR) is 53.9 cm³/mol. The van der Waals surface area contributed by atoms with Gasteiger partial charge in [-0.3, -0.25) is 0 Å². The molecule has 0 aromatic carbocycles. The van der Waals surface area contributed by atoms with E-state index in [1.54, 1.807) is 0 Å². The summed E-state index contributed by atoms with van der Waals surface area (Å²) in [7, 11) is 2.77. The maximum absolute atomic E-state index is 11.2. The van der Waals surface area contributed by atoms with E-state index in [0.717, 1.165) is 12.8 Å². The van der Waals surface area contributed by atoms with Crippen molar-refractivity contribution in [3.8, 4) is 0 Å². The van der Waals surface area contributed by atoms with E-state index in [1.165, 1.54) is 33.4 Å². The molecule has 0 radical (unpaired) electrons. The molecule has 0 spiro atoms. The van der Waals surface area contributed by atoms with E-state index in [0.29, 0.717) is 6.42 Å². The van der Waals surface area contributed by atoms with Crippen LogP contribution in [0.2, 0.25) is 0 Å². The van der Waals surface area contributed by atoms with Crippen molar-refractivity contribution in [2.45, 2.75) is 45.4 Å². The van der Waals surface area contributed by atoms with Gasteiger partial charge in [0.15, 0.2) is 0 Å². The van der Waals surface area contributed by atoms with Crippen molar-refractivity contribution in [2.75, 3.05) is 14.1 Å². The van der Waals surface area contributed by atoms with Gasteiger partial charge in [0.1, 0.15) is 0 Å². The highest BCUT2D eigenvalue weighted by atomic mass is 16.6. The number of unbranched alkanes of at least 4 members (excludes halogenated alkanes) is 4. The van der Waals surface area contributed by atoms with E-state index < -0.39 is 4.65 Å². The van der Waals surface area contributed by atoms with Crippen LogP contribution in [0.4, 0.5) is 0 Å². The Morgan fingerprint density at radius 3 is 2.15 bits per heavy atom. The molecular weight excluding hydrogens is 166 g/mol. The Morgan fingerprint density at radius 2 is 1.69 bits per heavy atom. The van der Waals surface area contributed by atoms with Crippen LogP contribution < -0.4 is 0 Å². The van der Waals surface area contributed by atoms with E-state index in [2.05, 4.69) is 6.92 Å². The van der Waals surface area contributed by atoms with Crippen LogP contribution in [0.15, 0.2) is 0 Å². The third kappa shape index (κ3) is 6.72. The second-order valence-corrected chi connectivity index (χ2v) is 3.91. The summed E-state index contributed by atoms with van der Waals surface area (Å²) in [5, 5.41) is 11.1.